The number of carbonyl (C=O) groups excluding carboxylic acids is 1. The molecule has 5 nitrogen and oxygen atoms in total. The van der Waals surface area contributed by atoms with E-state index in [2.05, 4.69) is 5.10 Å². The summed E-state index contributed by atoms with van der Waals surface area (Å²) >= 11 is 5.91. The number of ether oxygens (including phenoxy) is 1. The fourth-order valence-corrected chi connectivity index (χ4v) is 2.77. The predicted molar refractivity (Wildman–Crippen MR) is 84.6 cm³/mol. The molecule has 0 aliphatic carbocycles. The Balaban J connectivity index is 1.89. The van der Waals surface area contributed by atoms with Gasteiger partial charge >= 0.3 is 0 Å². The standard InChI is InChI=1S/C16H18ClN3O2/c1-11-10-22-8-7-19(11)16(21)15-9-18-20(12(15)2)14-5-3-13(17)4-6-14/h3-6,9,11H,7-8,10H2,1-2H3. The number of hydrogen-bond acceptors (Lipinski definition) is 3. The molecule has 116 valence electrons. The first-order chi connectivity index (χ1) is 10.6. The van der Waals surface area contributed by atoms with E-state index in [4.69, 9.17) is 16.3 Å². The molecule has 1 aromatic heterocycles. The Labute approximate surface area is 134 Å². The number of hydrogen-bond donors (Lipinski definition) is 0. The minimum absolute atomic E-state index is 0.00788. The van der Waals surface area contributed by atoms with E-state index in [1.54, 1.807) is 10.9 Å². The summed E-state index contributed by atoms with van der Waals surface area (Å²) in [6.45, 7) is 5.68. The minimum Gasteiger partial charge on any atom is -0.377 e. The quantitative estimate of drug-likeness (QED) is 0.855. The van der Waals surface area contributed by atoms with Gasteiger partial charge in [0.1, 0.15) is 0 Å². The van der Waals surface area contributed by atoms with Gasteiger partial charge in [-0.15, -0.1) is 0 Å². The lowest BCUT2D eigenvalue weighted by Crippen LogP contribution is -2.47. The van der Waals surface area contributed by atoms with E-state index >= 15 is 0 Å². The third-order valence-electron chi connectivity index (χ3n) is 3.94. The number of amides is 1. The lowest BCUT2D eigenvalue weighted by molar-refractivity contribution is 0.00355. The third-order valence-corrected chi connectivity index (χ3v) is 4.19. The van der Waals surface area contributed by atoms with E-state index in [1.807, 2.05) is 43.0 Å². The summed E-state index contributed by atoms with van der Waals surface area (Å²) in [7, 11) is 0. The van der Waals surface area contributed by atoms with Crippen LogP contribution in [-0.4, -0.2) is 46.4 Å². The average Bonchev–Trinajstić information content (AvgIpc) is 2.90. The van der Waals surface area contributed by atoms with Crippen LogP contribution in [-0.2, 0) is 4.74 Å². The van der Waals surface area contributed by atoms with Crippen LogP contribution in [0.3, 0.4) is 0 Å². The molecule has 0 N–H and O–H groups in total. The molecule has 0 radical (unpaired) electrons. The van der Waals surface area contributed by atoms with Crippen LogP contribution in [0.4, 0.5) is 0 Å². The molecular weight excluding hydrogens is 302 g/mol. The summed E-state index contributed by atoms with van der Waals surface area (Å²) in [6, 6.07) is 7.47. The molecule has 1 aliphatic heterocycles. The highest BCUT2D eigenvalue weighted by atomic mass is 35.5. The highest BCUT2D eigenvalue weighted by Gasteiger charge is 2.27. The Kier molecular flexibility index (Phi) is 4.18. The summed E-state index contributed by atoms with van der Waals surface area (Å²) in [5.74, 6) is 0.00788. The molecule has 1 aromatic carbocycles. The number of morpholine rings is 1. The Morgan fingerprint density at radius 2 is 2.09 bits per heavy atom. The van der Waals surface area contributed by atoms with Gasteiger partial charge in [0.15, 0.2) is 0 Å². The monoisotopic (exact) mass is 319 g/mol. The molecule has 1 amide bonds. The molecule has 1 fully saturated rings. The molecule has 22 heavy (non-hydrogen) atoms. The molecule has 6 heteroatoms. The molecule has 1 aliphatic rings. The van der Waals surface area contributed by atoms with Gasteiger partial charge in [-0.25, -0.2) is 4.68 Å². The summed E-state index contributed by atoms with van der Waals surface area (Å²) < 4.78 is 7.15. The van der Waals surface area contributed by atoms with Gasteiger partial charge in [0, 0.05) is 11.6 Å². The van der Waals surface area contributed by atoms with Crippen molar-refractivity contribution in [2.45, 2.75) is 19.9 Å². The number of benzene rings is 1. The van der Waals surface area contributed by atoms with Crippen LogP contribution in [0, 0.1) is 6.92 Å². The van der Waals surface area contributed by atoms with Gasteiger partial charge in [-0.05, 0) is 38.1 Å². The maximum atomic E-state index is 12.7. The Morgan fingerprint density at radius 1 is 1.36 bits per heavy atom. The van der Waals surface area contributed by atoms with E-state index in [0.29, 0.717) is 30.3 Å². The van der Waals surface area contributed by atoms with Gasteiger partial charge < -0.3 is 9.64 Å². The van der Waals surface area contributed by atoms with Crippen LogP contribution < -0.4 is 0 Å². The molecule has 2 aromatic rings. The number of aromatic nitrogens is 2. The van der Waals surface area contributed by atoms with Gasteiger partial charge in [0.2, 0.25) is 0 Å². The van der Waals surface area contributed by atoms with Crippen LogP contribution in [0.15, 0.2) is 30.5 Å². The second kappa shape index (κ2) is 6.10. The van der Waals surface area contributed by atoms with Gasteiger partial charge in [-0.3, -0.25) is 4.79 Å². The lowest BCUT2D eigenvalue weighted by Gasteiger charge is -2.33. The first kappa shape index (κ1) is 15.1. The number of rotatable bonds is 2. The van der Waals surface area contributed by atoms with Crippen molar-refractivity contribution in [3.63, 3.8) is 0 Å². The molecule has 3 rings (SSSR count). The molecule has 0 saturated carbocycles. The summed E-state index contributed by atoms with van der Waals surface area (Å²) in [4.78, 5) is 14.6. The van der Waals surface area contributed by atoms with Crippen molar-refractivity contribution in [2.24, 2.45) is 0 Å². The predicted octanol–water partition coefficient (Wildman–Crippen LogP) is 2.70. The van der Waals surface area contributed by atoms with Crippen molar-refractivity contribution in [3.05, 3.63) is 46.7 Å². The van der Waals surface area contributed by atoms with E-state index in [1.165, 1.54) is 0 Å². The van der Waals surface area contributed by atoms with Crippen LogP contribution in [0.5, 0.6) is 0 Å². The highest BCUT2D eigenvalue weighted by Crippen LogP contribution is 2.19. The fourth-order valence-electron chi connectivity index (χ4n) is 2.65. The van der Waals surface area contributed by atoms with Crippen molar-refractivity contribution in [3.8, 4) is 5.69 Å². The Hall–Kier alpha value is -1.85. The van der Waals surface area contributed by atoms with Crippen LogP contribution in [0.1, 0.15) is 23.0 Å². The van der Waals surface area contributed by atoms with Crippen LogP contribution in [0.2, 0.25) is 5.02 Å². The normalized spacial score (nSPS) is 18.5. The highest BCUT2D eigenvalue weighted by molar-refractivity contribution is 6.30. The Bertz CT molecular complexity index is 681. The van der Waals surface area contributed by atoms with Crippen molar-refractivity contribution in [1.29, 1.82) is 0 Å². The molecule has 0 spiro atoms. The van der Waals surface area contributed by atoms with Gasteiger partial charge in [-0.1, -0.05) is 11.6 Å². The zero-order valence-corrected chi connectivity index (χ0v) is 13.4. The van der Waals surface area contributed by atoms with Crippen molar-refractivity contribution in [2.75, 3.05) is 19.8 Å². The topological polar surface area (TPSA) is 47.4 Å². The van der Waals surface area contributed by atoms with Gasteiger partial charge in [-0.2, -0.15) is 5.10 Å². The summed E-state index contributed by atoms with van der Waals surface area (Å²) in [5.41, 5.74) is 2.34. The van der Waals surface area contributed by atoms with Crippen molar-refractivity contribution < 1.29 is 9.53 Å². The van der Waals surface area contributed by atoms with E-state index in [-0.39, 0.29) is 11.9 Å². The van der Waals surface area contributed by atoms with Crippen LogP contribution in [0.25, 0.3) is 5.69 Å². The zero-order chi connectivity index (χ0) is 15.7. The summed E-state index contributed by atoms with van der Waals surface area (Å²) in [6.07, 6.45) is 1.63. The molecule has 1 saturated heterocycles. The molecule has 0 bridgehead atoms. The summed E-state index contributed by atoms with van der Waals surface area (Å²) in [5, 5.41) is 5.02. The molecule has 2 heterocycles. The first-order valence-corrected chi connectivity index (χ1v) is 7.65. The van der Waals surface area contributed by atoms with Gasteiger partial charge in [0.05, 0.1) is 42.4 Å². The molecule has 1 unspecified atom stereocenters. The minimum atomic E-state index is 0.00788. The SMILES string of the molecule is Cc1c(C(=O)N2CCOCC2C)cnn1-c1ccc(Cl)cc1. The number of halogens is 1. The number of carbonyl (C=O) groups is 1. The zero-order valence-electron chi connectivity index (χ0n) is 12.6. The van der Waals surface area contributed by atoms with Gasteiger partial charge in [0.25, 0.3) is 5.91 Å². The Morgan fingerprint density at radius 3 is 2.77 bits per heavy atom. The third kappa shape index (κ3) is 2.74. The van der Waals surface area contributed by atoms with E-state index in [0.717, 1.165) is 11.4 Å². The van der Waals surface area contributed by atoms with Crippen LogP contribution >= 0.6 is 11.6 Å². The van der Waals surface area contributed by atoms with E-state index < -0.39 is 0 Å². The number of nitrogens with zero attached hydrogens (tertiary/aromatic N) is 3. The molecule has 1 atom stereocenters. The largest absolute Gasteiger partial charge is 0.377 e. The molecular formula is C16H18ClN3O2. The van der Waals surface area contributed by atoms with Crippen molar-refractivity contribution in [1.82, 2.24) is 14.7 Å². The average molecular weight is 320 g/mol. The maximum Gasteiger partial charge on any atom is 0.257 e. The maximum absolute atomic E-state index is 12.7. The first-order valence-electron chi connectivity index (χ1n) is 7.27. The second-order valence-electron chi connectivity index (χ2n) is 5.45. The second-order valence-corrected chi connectivity index (χ2v) is 5.89. The van der Waals surface area contributed by atoms with E-state index in [9.17, 15) is 4.79 Å². The fraction of sp³-hybridized carbons (Fsp3) is 0.375. The van der Waals surface area contributed by atoms with Crippen molar-refractivity contribution >= 4 is 17.5 Å². The smallest absolute Gasteiger partial charge is 0.257 e. The lowest BCUT2D eigenvalue weighted by atomic mass is 10.1.